The summed E-state index contributed by atoms with van der Waals surface area (Å²) in [5, 5.41) is 8.88. The molecule has 10 heavy (non-hydrogen) atoms. The quantitative estimate of drug-likeness (QED) is 0.528. The average molecular weight is 186 g/mol. The van der Waals surface area contributed by atoms with Crippen LogP contribution in [0.15, 0.2) is 24.3 Å². The molecule has 0 unspecified atom stereocenters. The first kappa shape index (κ1) is 9.21. The molecule has 0 bridgehead atoms. The predicted octanol–water partition coefficient (Wildman–Crippen LogP) is 1.20. The molecule has 3 heteroatoms. The van der Waals surface area contributed by atoms with Crippen molar-refractivity contribution in [3.05, 3.63) is 29.8 Å². The fourth-order valence-electron chi connectivity index (χ4n) is 0.587. The molecule has 0 saturated carbocycles. The zero-order chi connectivity index (χ0) is 6.69. The first-order valence-electron chi connectivity index (χ1n) is 2.58. The van der Waals surface area contributed by atoms with Gasteiger partial charge in [0.1, 0.15) is 5.75 Å². The van der Waals surface area contributed by atoms with E-state index in [-0.39, 0.29) is 22.8 Å². The van der Waals surface area contributed by atoms with Crippen LogP contribution in [-0.4, -0.2) is 11.4 Å². The van der Waals surface area contributed by atoms with Crippen molar-refractivity contribution in [2.24, 2.45) is 0 Å². The summed E-state index contributed by atoms with van der Waals surface area (Å²) >= 11 is 0. The van der Waals surface area contributed by atoms with Crippen LogP contribution in [0, 0.1) is 0 Å². The SMILES string of the molecule is O=Cc1ccccc1O.[Cu]. The van der Waals surface area contributed by atoms with Crippen molar-refractivity contribution in [3.63, 3.8) is 0 Å². The Morgan fingerprint density at radius 1 is 1.30 bits per heavy atom. The van der Waals surface area contributed by atoms with Crippen LogP contribution in [0.1, 0.15) is 10.4 Å². The number of rotatable bonds is 1. The Labute approximate surface area is 69.3 Å². The molecule has 0 heterocycles. The van der Waals surface area contributed by atoms with Crippen LogP contribution in [0.25, 0.3) is 0 Å². The van der Waals surface area contributed by atoms with E-state index >= 15 is 0 Å². The number of para-hydroxylation sites is 1. The molecule has 1 rings (SSSR count). The van der Waals surface area contributed by atoms with Gasteiger partial charge < -0.3 is 5.11 Å². The second kappa shape index (κ2) is 4.09. The van der Waals surface area contributed by atoms with E-state index in [0.717, 1.165) is 0 Å². The Bertz CT molecular complexity index is 223. The monoisotopic (exact) mass is 185 g/mol. The maximum absolute atomic E-state index is 10.1. The maximum atomic E-state index is 10.1. The number of aromatic hydroxyl groups is 1. The van der Waals surface area contributed by atoms with Crippen molar-refractivity contribution >= 4 is 6.29 Å². The number of benzene rings is 1. The van der Waals surface area contributed by atoms with Gasteiger partial charge >= 0.3 is 0 Å². The molecule has 0 aromatic heterocycles. The minimum Gasteiger partial charge on any atom is -0.507 e. The molecule has 0 aliphatic heterocycles. The topological polar surface area (TPSA) is 37.3 Å². The van der Waals surface area contributed by atoms with Crippen molar-refractivity contribution in [2.45, 2.75) is 0 Å². The summed E-state index contributed by atoms with van der Waals surface area (Å²) in [5.41, 5.74) is 0.331. The van der Waals surface area contributed by atoms with Crippen LogP contribution in [0.2, 0.25) is 0 Å². The van der Waals surface area contributed by atoms with Crippen molar-refractivity contribution < 1.29 is 27.0 Å². The van der Waals surface area contributed by atoms with Crippen LogP contribution in [0.3, 0.4) is 0 Å². The van der Waals surface area contributed by atoms with Gasteiger partial charge in [0, 0.05) is 17.1 Å². The number of carbonyl (C=O) groups excluding carboxylic acids is 1. The fraction of sp³-hybridized carbons (Fsp3) is 0. The molecular formula is C7H6CuO2. The molecule has 1 aromatic carbocycles. The zero-order valence-electron chi connectivity index (χ0n) is 5.04. The number of hydrogen-bond donors (Lipinski definition) is 1. The number of phenolic OH excluding ortho intramolecular Hbond substituents is 1. The van der Waals surface area contributed by atoms with Gasteiger partial charge in [0.2, 0.25) is 0 Å². The van der Waals surface area contributed by atoms with Crippen molar-refractivity contribution in [1.29, 1.82) is 0 Å². The van der Waals surface area contributed by atoms with E-state index in [1.165, 1.54) is 6.07 Å². The summed E-state index contributed by atoms with van der Waals surface area (Å²) in [4.78, 5) is 10.1. The van der Waals surface area contributed by atoms with Crippen molar-refractivity contribution in [2.75, 3.05) is 0 Å². The second-order valence-electron chi connectivity index (χ2n) is 1.68. The summed E-state index contributed by atoms with van der Waals surface area (Å²) in [6.45, 7) is 0. The molecule has 0 spiro atoms. The minimum absolute atomic E-state index is 0. The number of aldehydes is 1. The van der Waals surface area contributed by atoms with Crippen LogP contribution in [0.5, 0.6) is 5.75 Å². The first-order chi connectivity index (χ1) is 4.34. The Hall–Kier alpha value is -0.791. The predicted molar refractivity (Wildman–Crippen MR) is 33.5 cm³/mol. The molecule has 57 valence electrons. The number of carbonyl (C=O) groups is 1. The average Bonchev–Trinajstić information content (AvgIpc) is 1.89. The van der Waals surface area contributed by atoms with E-state index < -0.39 is 0 Å². The summed E-state index contributed by atoms with van der Waals surface area (Å²) in [5.74, 6) is 0.0347. The number of hydrogen-bond acceptors (Lipinski definition) is 2. The molecule has 0 atom stereocenters. The van der Waals surface area contributed by atoms with Crippen molar-refractivity contribution in [3.8, 4) is 5.75 Å². The Morgan fingerprint density at radius 2 is 1.90 bits per heavy atom. The van der Waals surface area contributed by atoms with Crippen molar-refractivity contribution in [1.82, 2.24) is 0 Å². The van der Waals surface area contributed by atoms with Gasteiger partial charge in [0.25, 0.3) is 0 Å². The van der Waals surface area contributed by atoms with Crippen LogP contribution < -0.4 is 0 Å². The molecule has 1 aromatic rings. The molecule has 0 amide bonds. The molecule has 0 saturated heterocycles. The Balaban J connectivity index is 0.000000810. The maximum Gasteiger partial charge on any atom is 0.153 e. The van der Waals surface area contributed by atoms with Crippen LogP contribution >= 0.6 is 0 Å². The van der Waals surface area contributed by atoms with E-state index in [4.69, 9.17) is 5.11 Å². The molecule has 1 N–H and O–H groups in total. The third-order valence-electron chi connectivity index (χ3n) is 1.06. The van der Waals surface area contributed by atoms with E-state index in [1.807, 2.05) is 0 Å². The second-order valence-corrected chi connectivity index (χ2v) is 1.68. The minimum atomic E-state index is 0. The molecular weight excluding hydrogens is 180 g/mol. The van der Waals surface area contributed by atoms with E-state index in [9.17, 15) is 4.79 Å². The third kappa shape index (κ3) is 1.86. The van der Waals surface area contributed by atoms with Crippen LogP contribution in [-0.2, 0) is 17.1 Å². The summed E-state index contributed by atoms with van der Waals surface area (Å²) in [6.07, 6.45) is 0.620. The van der Waals surface area contributed by atoms with Gasteiger partial charge in [-0.1, -0.05) is 12.1 Å². The smallest absolute Gasteiger partial charge is 0.153 e. The van der Waals surface area contributed by atoms with Gasteiger partial charge in [-0.15, -0.1) is 0 Å². The third-order valence-corrected chi connectivity index (χ3v) is 1.06. The van der Waals surface area contributed by atoms with E-state index in [0.29, 0.717) is 11.8 Å². The zero-order valence-corrected chi connectivity index (χ0v) is 5.99. The van der Waals surface area contributed by atoms with Gasteiger partial charge in [-0.25, -0.2) is 0 Å². The fourth-order valence-corrected chi connectivity index (χ4v) is 0.587. The molecule has 1 radical (unpaired) electrons. The molecule has 0 aliphatic rings. The number of phenols is 1. The normalized spacial score (nSPS) is 8.00. The van der Waals surface area contributed by atoms with Gasteiger partial charge in [-0.2, -0.15) is 0 Å². The Morgan fingerprint density at radius 3 is 2.30 bits per heavy atom. The van der Waals surface area contributed by atoms with Gasteiger partial charge in [-0.3, -0.25) is 4.79 Å². The van der Waals surface area contributed by atoms with Crippen LogP contribution in [0.4, 0.5) is 0 Å². The van der Waals surface area contributed by atoms with Gasteiger partial charge in [-0.05, 0) is 12.1 Å². The Kier molecular flexibility index (Phi) is 3.77. The largest absolute Gasteiger partial charge is 0.507 e. The summed E-state index contributed by atoms with van der Waals surface area (Å²) in [7, 11) is 0. The summed E-state index contributed by atoms with van der Waals surface area (Å²) < 4.78 is 0. The van der Waals surface area contributed by atoms with E-state index in [2.05, 4.69) is 0 Å². The molecule has 2 nitrogen and oxygen atoms in total. The first-order valence-corrected chi connectivity index (χ1v) is 2.58. The van der Waals surface area contributed by atoms with E-state index in [1.54, 1.807) is 18.2 Å². The molecule has 0 fully saturated rings. The van der Waals surface area contributed by atoms with Gasteiger partial charge in [0.05, 0.1) is 5.56 Å². The standard InChI is InChI=1S/C7H6O2.Cu/c8-5-6-3-1-2-4-7(6)9;/h1-5,9H;. The van der Waals surface area contributed by atoms with Gasteiger partial charge in [0.15, 0.2) is 6.29 Å². The summed E-state index contributed by atoms with van der Waals surface area (Å²) in [6, 6.07) is 6.40. The molecule has 0 aliphatic carbocycles.